The maximum atomic E-state index is 12.5. The highest BCUT2D eigenvalue weighted by atomic mass is 16.8. The molecular weight excluding hydrogens is 1140 g/mol. The highest BCUT2D eigenvalue weighted by Gasteiger charge is 2.22. The summed E-state index contributed by atoms with van der Waals surface area (Å²) in [4.78, 5) is 129. The van der Waals surface area contributed by atoms with Gasteiger partial charge in [0.25, 0.3) is 0 Å². The molecule has 23 heteroatoms. The van der Waals surface area contributed by atoms with Crippen molar-refractivity contribution in [2.75, 3.05) is 6.79 Å². The third-order valence-electron chi connectivity index (χ3n) is 11.8. The van der Waals surface area contributed by atoms with Crippen molar-refractivity contribution in [3.8, 4) is 17.2 Å². The van der Waals surface area contributed by atoms with Crippen molar-refractivity contribution in [3.05, 3.63) is 160 Å². The predicted octanol–water partition coefficient (Wildman–Crippen LogP) is 10.9. The van der Waals surface area contributed by atoms with Crippen LogP contribution in [-0.4, -0.2) is 82.9 Å². The zero-order chi connectivity index (χ0) is 62.4. The van der Waals surface area contributed by atoms with Crippen molar-refractivity contribution in [2.24, 2.45) is 23.7 Å². The molecule has 0 spiro atoms. The van der Waals surface area contributed by atoms with Crippen LogP contribution in [0.1, 0.15) is 145 Å². The van der Waals surface area contributed by atoms with E-state index < -0.39 is 66.4 Å². The first kappa shape index (κ1) is 76.5. The van der Waals surface area contributed by atoms with Gasteiger partial charge < -0.3 is 43.4 Å². The molecule has 0 heterocycles. The van der Waals surface area contributed by atoms with E-state index >= 15 is 0 Å². The molecule has 0 aliphatic carbocycles. The van der Waals surface area contributed by atoms with Gasteiger partial charge in [-0.25, -0.2) is 25.3 Å². The molecule has 5 rings (SSSR count). The number of hydroxylamine groups is 2. The second-order valence-electron chi connectivity index (χ2n) is 19.9. The van der Waals surface area contributed by atoms with Gasteiger partial charge >= 0.3 is 47.9 Å². The fourth-order valence-electron chi connectivity index (χ4n) is 7.13. The number of esters is 5. The van der Waals surface area contributed by atoms with Crippen LogP contribution in [0.25, 0.3) is 0 Å². The molecular formula is C65H82N2O21. The molecule has 0 fully saturated rings. The number of nitrogens with one attached hydrogen (secondary N) is 2. The Kier molecular flexibility index (Phi) is 34.8. The van der Waals surface area contributed by atoms with Gasteiger partial charge in [0.15, 0.2) is 0 Å². The van der Waals surface area contributed by atoms with Crippen LogP contribution in [0.2, 0.25) is 0 Å². The maximum absolute atomic E-state index is 12.5. The van der Waals surface area contributed by atoms with Gasteiger partial charge in [-0.3, -0.25) is 43.2 Å². The van der Waals surface area contributed by atoms with Gasteiger partial charge in [-0.1, -0.05) is 111 Å². The smallest absolute Gasteiger partial charge is 0.481 e. The van der Waals surface area contributed by atoms with Crippen molar-refractivity contribution in [3.63, 3.8) is 0 Å². The second-order valence-corrected chi connectivity index (χ2v) is 19.9. The molecule has 0 radical (unpaired) electrons. The van der Waals surface area contributed by atoms with Crippen molar-refractivity contribution in [2.45, 2.75) is 135 Å². The van der Waals surface area contributed by atoms with E-state index in [4.69, 9.17) is 38.1 Å². The lowest BCUT2D eigenvalue weighted by molar-refractivity contribution is -0.144. The number of rotatable bonds is 30. The number of carbonyl (C=O) groups is 10. The summed E-state index contributed by atoms with van der Waals surface area (Å²) in [5.74, 6) is -6.38. The van der Waals surface area contributed by atoms with E-state index in [2.05, 4.69) is 15.7 Å². The summed E-state index contributed by atoms with van der Waals surface area (Å²) >= 11 is 0. The Bertz CT molecular complexity index is 3010. The van der Waals surface area contributed by atoms with Gasteiger partial charge in [-0.15, -0.1) is 0 Å². The Morgan fingerprint density at radius 3 is 1.11 bits per heavy atom. The summed E-state index contributed by atoms with van der Waals surface area (Å²) < 4.78 is 35.0. The molecule has 2 amide bonds. The molecule has 23 nitrogen and oxygen atoms in total. The minimum atomic E-state index is -1.06. The third kappa shape index (κ3) is 29.6. The minimum Gasteiger partial charge on any atom is -0.481 e. The quantitative estimate of drug-likeness (QED) is 0.0109. The second kappa shape index (κ2) is 40.0. The van der Waals surface area contributed by atoms with Gasteiger partial charge in [0.1, 0.15) is 23.9 Å². The topological polar surface area (TPSA) is 318 Å². The van der Waals surface area contributed by atoms with Crippen LogP contribution in [0, 0.1) is 23.7 Å². The predicted molar refractivity (Wildman–Crippen MR) is 321 cm³/mol. The molecule has 0 aliphatic rings. The van der Waals surface area contributed by atoms with Gasteiger partial charge in [0.2, 0.25) is 18.6 Å². The fraction of sp³-hybridized carbons (Fsp3) is 0.385. The van der Waals surface area contributed by atoms with Gasteiger partial charge in [0, 0.05) is 19.8 Å². The van der Waals surface area contributed by atoms with Crippen molar-refractivity contribution in [1.82, 2.24) is 11.0 Å². The summed E-state index contributed by atoms with van der Waals surface area (Å²) in [7, 11) is 0. The van der Waals surface area contributed by atoms with Gasteiger partial charge in [-0.2, -0.15) is 0 Å². The van der Waals surface area contributed by atoms with Crippen LogP contribution in [-0.2, 0) is 94.8 Å². The van der Waals surface area contributed by atoms with E-state index in [-0.39, 0.29) is 116 Å². The van der Waals surface area contributed by atoms with Crippen LogP contribution in [0.3, 0.4) is 0 Å². The van der Waals surface area contributed by atoms with Gasteiger partial charge in [-0.05, 0) is 128 Å². The zero-order valence-corrected chi connectivity index (χ0v) is 48.2. The molecule has 88 heavy (non-hydrogen) atoms. The molecule has 5 aromatic carbocycles. The third-order valence-corrected chi connectivity index (χ3v) is 11.8. The summed E-state index contributed by atoms with van der Waals surface area (Å²) in [6.45, 7) is 11.1. The van der Waals surface area contributed by atoms with E-state index in [0.717, 1.165) is 11.1 Å². The average molecular weight is 1230 g/mol. The lowest BCUT2D eigenvalue weighted by Crippen LogP contribution is -2.25. The Balaban J connectivity index is 0.000000862. The first-order valence-corrected chi connectivity index (χ1v) is 27.0. The summed E-state index contributed by atoms with van der Waals surface area (Å²) in [5, 5.41) is 19.3. The molecule has 0 saturated carbocycles. The SMILES string of the molecule is C.C.C.CC(=O)Oc1ccc(CONC(=O)CCC(Cc2ccc(C(=O)OCOC(=O)OC(C)C)cc2)C(=O)O)cc1.CC(C)C(=O)Oc1ccc(CONC(=O)CCC(Cc2ccc(C(=O)OCc3ccc(OC(=O)C(C)C)cc3)cc2)C(=O)O)cc1. The lowest BCUT2D eigenvalue weighted by Gasteiger charge is -2.13. The highest BCUT2D eigenvalue weighted by Crippen LogP contribution is 2.21. The van der Waals surface area contributed by atoms with E-state index in [0.29, 0.717) is 39.5 Å². The van der Waals surface area contributed by atoms with E-state index in [1.165, 1.54) is 19.1 Å². The standard InChI is InChI=1S/C35H39NO10.C27H31NO11.3CH4/c1-22(2)33(40)45-29-14-7-25(8-15-29)20-43-35(42)27-11-5-24(6-12-27)19-28(32(38)39)13-18-31(37)36-44-21-26-9-16-30(17-10-26)46-34(41)23(3)4;1-17(2)38-27(34)36-16-35-26(33)21-8-4-19(5-9-21)14-22(25(31)32)10-13-24(30)28-37-15-20-6-11-23(12-7-20)39-18(3)29;;;/h5-12,14-17,22-23,28H,13,18-21H2,1-4H3,(H,36,37)(H,38,39);4-9,11-12,17,22H,10,13-16H2,1-3H3,(H,28,30)(H,31,32);3*1H4. The molecule has 0 saturated heterocycles. The molecule has 0 aliphatic heterocycles. The molecule has 478 valence electrons. The van der Waals surface area contributed by atoms with Crippen molar-refractivity contribution >= 4 is 59.8 Å². The van der Waals surface area contributed by atoms with Gasteiger partial charge in [0.05, 0.1) is 54.1 Å². The van der Waals surface area contributed by atoms with Crippen LogP contribution in [0.5, 0.6) is 17.2 Å². The lowest BCUT2D eigenvalue weighted by atomic mass is 9.94. The first-order valence-electron chi connectivity index (χ1n) is 27.0. The van der Waals surface area contributed by atoms with E-state index in [1.807, 2.05) is 0 Å². The number of aliphatic carboxylic acids is 2. The Morgan fingerprint density at radius 2 is 0.773 bits per heavy atom. The molecule has 2 unspecified atom stereocenters. The Hall–Kier alpha value is -9.48. The number of carbonyl (C=O) groups excluding carboxylic acids is 8. The molecule has 2 atom stereocenters. The van der Waals surface area contributed by atoms with E-state index in [1.54, 1.807) is 151 Å². The zero-order valence-electron chi connectivity index (χ0n) is 48.2. The maximum Gasteiger partial charge on any atom is 0.511 e. The summed E-state index contributed by atoms with van der Waals surface area (Å²) in [5.41, 5.74) is 8.60. The Morgan fingerprint density at radius 1 is 0.432 bits per heavy atom. The number of benzene rings is 5. The average Bonchev–Trinajstić information content (AvgIpc) is 3.63. The Labute approximate surface area is 513 Å². The van der Waals surface area contributed by atoms with Crippen molar-refractivity contribution < 1.29 is 101 Å². The number of hydrogen-bond acceptors (Lipinski definition) is 19. The number of amides is 2. The van der Waals surface area contributed by atoms with Crippen LogP contribution in [0.4, 0.5) is 4.79 Å². The summed E-state index contributed by atoms with van der Waals surface area (Å²) in [6.07, 6.45) is -1.02. The number of ether oxygens (including phenoxy) is 7. The largest absolute Gasteiger partial charge is 0.511 e. The molecule has 0 bridgehead atoms. The monoisotopic (exact) mass is 1230 g/mol. The van der Waals surface area contributed by atoms with Crippen molar-refractivity contribution in [1.29, 1.82) is 0 Å². The van der Waals surface area contributed by atoms with Crippen LogP contribution >= 0.6 is 0 Å². The normalized spacial score (nSPS) is 11.0. The highest BCUT2D eigenvalue weighted by molar-refractivity contribution is 5.90. The van der Waals surface area contributed by atoms with Crippen LogP contribution in [0.15, 0.2) is 121 Å². The first-order chi connectivity index (χ1) is 40.4. The fourth-order valence-corrected chi connectivity index (χ4v) is 7.13. The molecule has 5 aromatic rings. The molecule has 0 aromatic heterocycles. The minimum absolute atomic E-state index is 0. The number of hydrogen-bond donors (Lipinski definition) is 4. The van der Waals surface area contributed by atoms with E-state index in [9.17, 15) is 58.2 Å². The number of carboxylic acids is 2. The van der Waals surface area contributed by atoms with Crippen LogP contribution < -0.4 is 25.2 Å². The number of carboxylic acid groups (broad SMARTS) is 2. The molecule has 4 N–H and O–H groups in total. The summed E-state index contributed by atoms with van der Waals surface area (Å²) in [6, 6.07) is 32.4.